The van der Waals surface area contributed by atoms with E-state index in [0.29, 0.717) is 22.9 Å². The van der Waals surface area contributed by atoms with Crippen LogP contribution in [0.5, 0.6) is 11.5 Å². The Hall–Kier alpha value is -6.64. The van der Waals surface area contributed by atoms with E-state index in [0.717, 1.165) is 73.1 Å². The number of ether oxygens (including phenoxy) is 1. The summed E-state index contributed by atoms with van der Waals surface area (Å²) in [7, 11) is 2.06. The van der Waals surface area contributed by atoms with Crippen molar-refractivity contribution in [3.8, 4) is 22.9 Å². The van der Waals surface area contributed by atoms with Gasteiger partial charge in [0.25, 0.3) is 0 Å². The van der Waals surface area contributed by atoms with Crippen LogP contribution in [0.15, 0.2) is 164 Å². The van der Waals surface area contributed by atoms with Gasteiger partial charge in [0.05, 0.1) is 0 Å². The molecule has 70 heavy (non-hydrogen) atoms. The Morgan fingerprint density at radius 3 is 1.61 bits per heavy atom. The van der Waals surface area contributed by atoms with Crippen LogP contribution in [0, 0.1) is 50.3 Å². The fraction of sp³-hybridized carbons (Fsp3) is 0.155. The van der Waals surface area contributed by atoms with Crippen molar-refractivity contribution >= 4 is 56.9 Å². The zero-order valence-corrected chi connectivity index (χ0v) is 43.2. The summed E-state index contributed by atoms with van der Waals surface area (Å²) in [4.78, 5) is 24.6. The van der Waals surface area contributed by atoms with Crippen molar-refractivity contribution in [1.82, 2.24) is 9.97 Å². The molecule has 12 rings (SSSR count). The summed E-state index contributed by atoms with van der Waals surface area (Å²) in [5, 5.41) is 0. The second-order valence-corrected chi connectivity index (χ2v) is 16.9. The van der Waals surface area contributed by atoms with E-state index < -0.39 is 0 Å². The van der Waals surface area contributed by atoms with Crippen molar-refractivity contribution in [1.29, 1.82) is 0 Å². The molecular formula is C58H49IrN9OPt-8. The van der Waals surface area contributed by atoms with E-state index in [1.807, 2.05) is 36.4 Å². The number of pyridine rings is 2. The van der Waals surface area contributed by atoms with Gasteiger partial charge >= 0.3 is 0 Å². The first-order valence-electron chi connectivity index (χ1n) is 23.2. The van der Waals surface area contributed by atoms with Crippen LogP contribution in [0.4, 0.5) is 56.9 Å². The summed E-state index contributed by atoms with van der Waals surface area (Å²) < 4.78 is 6.28. The zero-order valence-electron chi connectivity index (χ0n) is 38.6. The Morgan fingerprint density at radius 1 is 0.514 bits per heavy atom. The molecule has 4 aliphatic rings. The number of rotatable bonds is 12. The molecule has 359 valence electrons. The molecule has 8 aromatic rings. The third-order valence-corrected chi connectivity index (χ3v) is 12.4. The van der Waals surface area contributed by atoms with Gasteiger partial charge in [0.1, 0.15) is 0 Å². The largest absolute Gasteiger partial charge is 0.510 e. The standard InChI is InChI=1S/C30H26N4.C28H23N5O.Ir.Pt/c1-3-13-25(14-4-1)33-23-31(27-17-7-9-19-29(27)33)21-11-12-22-32-24-34(26-15-5-2-6-16-26)30-20-10-8-18-28(30)32;1-31-20-33(28-10-3-2-9-27(28)31)22-16-21(32-14-6-7-15-32)17-24(18-22)34-23-11-13-30-26(19-23)25-8-4-5-12-29-25;;/h1-10,13,15,17-20,23-24H,11-12,21-22H2;2-5,9-13,16-17,20H,6-7,14-15H2,1H3;;/q2*-4;;. The number of fused-ring (bicyclic) bond motifs is 3. The number of unbranched alkanes of at least 4 members (excludes halogenated alkanes) is 1. The Bertz CT molecular complexity index is 2860. The van der Waals surface area contributed by atoms with E-state index in [2.05, 4.69) is 211 Å². The van der Waals surface area contributed by atoms with Crippen LogP contribution < -0.4 is 39.0 Å². The van der Waals surface area contributed by atoms with Crippen molar-refractivity contribution in [2.45, 2.75) is 25.7 Å². The average Bonchev–Trinajstić information content (AvgIpc) is 4.22. The molecule has 0 aliphatic carbocycles. The number of aromatic nitrogens is 2. The smallest absolute Gasteiger partial charge is 0.0326 e. The minimum atomic E-state index is 0. The van der Waals surface area contributed by atoms with Crippen molar-refractivity contribution in [3.05, 3.63) is 214 Å². The maximum absolute atomic E-state index is 6.28. The summed E-state index contributed by atoms with van der Waals surface area (Å²) in [5.41, 5.74) is 12.6. The topological polar surface area (TPSA) is 57.7 Å². The van der Waals surface area contributed by atoms with E-state index in [9.17, 15) is 0 Å². The minimum absolute atomic E-state index is 0. The molecule has 1 fully saturated rings. The van der Waals surface area contributed by atoms with Crippen LogP contribution in [0.25, 0.3) is 11.4 Å². The van der Waals surface area contributed by atoms with Gasteiger partial charge in [-0.05, 0) is 94.6 Å². The van der Waals surface area contributed by atoms with Crippen LogP contribution in [-0.2, 0) is 41.2 Å². The normalized spacial score (nSPS) is 14.3. The number of hydrogen-bond donors (Lipinski definition) is 0. The fourth-order valence-corrected chi connectivity index (χ4v) is 9.16. The van der Waals surface area contributed by atoms with Gasteiger partial charge in [-0.2, -0.15) is 92.8 Å². The maximum Gasteiger partial charge on any atom is 0.0326 e. The van der Waals surface area contributed by atoms with Gasteiger partial charge in [0.2, 0.25) is 0 Å². The first kappa shape index (κ1) is 48.4. The Morgan fingerprint density at radius 2 is 1.04 bits per heavy atom. The van der Waals surface area contributed by atoms with Crippen molar-refractivity contribution < 1.29 is 45.9 Å². The summed E-state index contributed by atoms with van der Waals surface area (Å²) in [5.74, 6) is 1.20. The first-order valence-corrected chi connectivity index (χ1v) is 23.2. The molecule has 1 saturated heterocycles. The van der Waals surface area contributed by atoms with Crippen LogP contribution in [-0.4, -0.2) is 43.2 Å². The Balaban J connectivity index is 0.000000169. The third kappa shape index (κ3) is 10.4. The van der Waals surface area contributed by atoms with Crippen LogP contribution in [0.2, 0.25) is 0 Å². The minimum Gasteiger partial charge on any atom is -0.510 e. The molecule has 0 N–H and O–H groups in total. The molecule has 10 nitrogen and oxygen atoms in total. The monoisotopic (exact) mass is 1280 g/mol. The number of anilines is 10. The SMILES string of the molecule is CN1[CH-]N(c2[c-]c(Oc3[c-]c(-c4[c-]cccn4)ncc3)cc(N3CCCC3)c2)c2ccccc21.[Ir].[Pt].[c-]1ccccc1N1[CH-]N(CCCCN2[CH-]N(c3[c-]cccc3)c3ccccc32)c2ccccc21. The van der Waals surface area contributed by atoms with Gasteiger partial charge in [-0.1, -0.05) is 47.8 Å². The van der Waals surface area contributed by atoms with E-state index in [1.54, 1.807) is 18.5 Å². The van der Waals surface area contributed by atoms with Gasteiger partial charge in [-0.25, -0.2) is 6.07 Å². The number of para-hydroxylation sites is 8. The van der Waals surface area contributed by atoms with Gasteiger partial charge < -0.3 is 49.0 Å². The van der Waals surface area contributed by atoms with Gasteiger partial charge in [0.15, 0.2) is 0 Å². The maximum atomic E-state index is 6.28. The van der Waals surface area contributed by atoms with E-state index >= 15 is 0 Å². The van der Waals surface area contributed by atoms with Gasteiger partial charge in [0, 0.05) is 99.9 Å². The van der Waals surface area contributed by atoms with Gasteiger partial charge in [-0.3, -0.25) is 0 Å². The molecular weight excluding hydrogens is 1230 g/mol. The van der Waals surface area contributed by atoms with E-state index in [-0.39, 0.29) is 41.2 Å². The number of benzene rings is 6. The molecule has 12 heteroatoms. The predicted octanol–water partition coefficient (Wildman–Crippen LogP) is 12.6. The fourth-order valence-electron chi connectivity index (χ4n) is 9.16. The molecule has 0 amide bonds. The predicted molar refractivity (Wildman–Crippen MR) is 273 cm³/mol. The molecule has 6 aromatic carbocycles. The van der Waals surface area contributed by atoms with Crippen molar-refractivity contribution in [2.75, 3.05) is 67.5 Å². The summed E-state index contributed by atoms with van der Waals surface area (Å²) in [6.07, 6.45) is 8.02. The molecule has 0 unspecified atom stereocenters. The number of hydrogen-bond acceptors (Lipinski definition) is 10. The first-order chi connectivity index (χ1) is 33.6. The van der Waals surface area contributed by atoms with Crippen LogP contribution in [0.1, 0.15) is 25.7 Å². The van der Waals surface area contributed by atoms with Crippen molar-refractivity contribution in [2.24, 2.45) is 0 Å². The summed E-state index contributed by atoms with van der Waals surface area (Å²) in [6, 6.07) is 68.0. The summed E-state index contributed by atoms with van der Waals surface area (Å²) >= 11 is 0. The molecule has 0 atom stereocenters. The molecule has 6 heterocycles. The quantitative estimate of drug-likeness (QED) is 0.0873. The Labute approximate surface area is 440 Å². The third-order valence-electron chi connectivity index (χ3n) is 12.4. The van der Waals surface area contributed by atoms with Crippen LogP contribution in [0.3, 0.4) is 0 Å². The number of nitrogens with zero attached hydrogens (tertiary/aromatic N) is 9. The van der Waals surface area contributed by atoms with E-state index in [4.69, 9.17) is 4.74 Å². The molecule has 0 saturated carbocycles. The van der Waals surface area contributed by atoms with E-state index in [1.165, 1.54) is 35.6 Å². The van der Waals surface area contributed by atoms with Crippen molar-refractivity contribution in [3.63, 3.8) is 0 Å². The molecule has 0 bridgehead atoms. The summed E-state index contributed by atoms with van der Waals surface area (Å²) in [6.45, 7) is 10.6. The second-order valence-electron chi connectivity index (χ2n) is 16.9. The molecule has 1 radical (unpaired) electrons. The van der Waals surface area contributed by atoms with Crippen LogP contribution >= 0.6 is 0 Å². The van der Waals surface area contributed by atoms with Gasteiger partial charge in [-0.15, -0.1) is 53.1 Å². The molecule has 2 aromatic heterocycles. The zero-order chi connectivity index (χ0) is 45.7. The second kappa shape index (κ2) is 22.4. The average molecular weight is 1280 g/mol. The molecule has 4 aliphatic heterocycles. The Kier molecular flexibility index (Phi) is 15.5. The molecule has 0 spiro atoms.